The second-order valence-electron chi connectivity index (χ2n) is 3.70. The Hall–Kier alpha value is -2.47. The lowest BCUT2D eigenvalue weighted by Gasteiger charge is -1.95. The van der Waals surface area contributed by atoms with Crippen LogP contribution in [0.5, 0.6) is 0 Å². The molecule has 94 valence electrons. The molecule has 0 saturated carbocycles. The lowest BCUT2D eigenvalue weighted by atomic mass is 10.3. The van der Waals surface area contributed by atoms with E-state index in [9.17, 15) is 0 Å². The molecule has 0 aliphatic carbocycles. The fraction of sp³-hybridized carbons (Fsp3) is 0. The molecule has 0 aliphatic heterocycles. The van der Waals surface area contributed by atoms with Gasteiger partial charge in [-0.15, -0.1) is 0 Å². The van der Waals surface area contributed by atoms with E-state index in [-0.39, 0.29) is 5.89 Å². The van der Waals surface area contributed by atoms with E-state index in [0.29, 0.717) is 28.1 Å². The molecular formula is C12H8ClN5O. The van der Waals surface area contributed by atoms with E-state index >= 15 is 0 Å². The minimum atomic E-state index is 0.268. The van der Waals surface area contributed by atoms with Gasteiger partial charge in [-0.1, -0.05) is 22.8 Å². The van der Waals surface area contributed by atoms with Gasteiger partial charge < -0.3 is 10.3 Å². The molecule has 2 N–H and O–H groups in total. The Kier molecular flexibility index (Phi) is 2.85. The molecule has 0 aliphatic rings. The Morgan fingerprint density at radius 1 is 1.11 bits per heavy atom. The van der Waals surface area contributed by atoms with Gasteiger partial charge in [0.05, 0.1) is 5.02 Å². The number of aromatic nitrogens is 4. The Bertz CT molecular complexity index is 727. The predicted octanol–water partition coefficient (Wildman–Crippen LogP) is 2.43. The molecule has 0 unspecified atom stereocenters. The van der Waals surface area contributed by atoms with Crippen LogP contribution in [0.3, 0.4) is 0 Å². The molecule has 0 saturated heterocycles. The number of pyridine rings is 2. The average Bonchev–Trinajstić information content (AvgIpc) is 2.89. The van der Waals surface area contributed by atoms with Crippen molar-refractivity contribution in [1.29, 1.82) is 0 Å². The van der Waals surface area contributed by atoms with Crippen LogP contribution in [0, 0.1) is 0 Å². The van der Waals surface area contributed by atoms with Crippen LogP contribution in [0.25, 0.3) is 23.1 Å². The lowest BCUT2D eigenvalue weighted by Crippen LogP contribution is -1.91. The van der Waals surface area contributed by atoms with Crippen LogP contribution in [-0.4, -0.2) is 20.1 Å². The van der Waals surface area contributed by atoms with Gasteiger partial charge in [-0.2, -0.15) is 4.98 Å². The highest BCUT2D eigenvalue weighted by molar-refractivity contribution is 6.32. The fourth-order valence-electron chi connectivity index (χ4n) is 1.54. The third-order valence-corrected chi connectivity index (χ3v) is 2.69. The Balaban J connectivity index is 2.03. The number of nitrogens with two attached hydrogens (primary N) is 1. The van der Waals surface area contributed by atoms with Crippen LogP contribution in [0.15, 0.2) is 41.1 Å². The van der Waals surface area contributed by atoms with Crippen LogP contribution in [0.4, 0.5) is 5.82 Å². The molecule has 0 spiro atoms. The maximum Gasteiger partial charge on any atom is 0.276 e. The van der Waals surface area contributed by atoms with E-state index in [1.165, 1.54) is 0 Å². The molecule has 0 radical (unpaired) electrons. The van der Waals surface area contributed by atoms with Crippen molar-refractivity contribution in [3.8, 4) is 23.1 Å². The molecule has 0 amide bonds. The monoisotopic (exact) mass is 273 g/mol. The normalized spacial score (nSPS) is 10.6. The number of nitrogen functional groups attached to an aromatic ring is 1. The average molecular weight is 274 g/mol. The van der Waals surface area contributed by atoms with Gasteiger partial charge in [-0.25, -0.2) is 4.98 Å². The first-order valence-electron chi connectivity index (χ1n) is 5.41. The van der Waals surface area contributed by atoms with Crippen molar-refractivity contribution in [3.05, 3.63) is 41.6 Å². The van der Waals surface area contributed by atoms with Crippen LogP contribution < -0.4 is 5.73 Å². The van der Waals surface area contributed by atoms with Crippen molar-refractivity contribution in [1.82, 2.24) is 20.1 Å². The van der Waals surface area contributed by atoms with Gasteiger partial charge >= 0.3 is 0 Å². The van der Waals surface area contributed by atoms with Crippen molar-refractivity contribution in [3.63, 3.8) is 0 Å². The summed E-state index contributed by atoms with van der Waals surface area (Å²) < 4.78 is 5.14. The minimum Gasteiger partial charge on any atom is -0.384 e. The summed E-state index contributed by atoms with van der Waals surface area (Å²) in [6, 6.07) is 8.60. The van der Waals surface area contributed by atoms with Gasteiger partial charge in [0.2, 0.25) is 5.82 Å². The molecule has 19 heavy (non-hydrogen) atoms. The van der Waals surface area contributed by atoms with Gasteiger partial charge in [0, 0.05) is 6.20 Å². The highest BCUT2D eigenvalue weighted by Gasteiger charge is 2.14. The first kappa shape index (κ1) is 11.6. The van der Waals surface area contributed by atoms with Crippen molar-refractivity contribution in [2.45, 2.75) is 0 Å². The number of halogens is 1. The number of hydrogen-bond donors (Lipinski definition) is 1. The predicted molar refractivity (Wildman–Crippen MR) is 70.2 cm³/mol. The summed E-state index contributed by atoms with van der Waals surface area (Å²) in [7, 11) is 0. The first-order valence-corrected chi connectivity index (χ1v) is 5.79. The van der Waals surface area contributed by atoms with Crippen molar-refractivity contribution >= 4 is 17.4 Å². The number of nitrogens with zero attached hydrogens (tertiary/aromatic N) is 4. The summed E-state index contributed by atoms with van der Waals surface area (Å²) in [6.45, 7) is 0. The van der Waals surface area contributed by atoms with Crippen LogP contribution in [0.2, 0.25) is 5.02 Å². The molecule has 0 aromatic carbocycles. The third kappa shape index (κ3) is 2.25. The van der Waals surface area contributed by atoms with E-state index in [1.54, 1.807) is 36.5 Å². The number of anilines is 1. The second kappa shape index (κ2) is 4.66. The van der Waals surface area contributed by atoms with Crippen molar-refractivity contribution in [2.24, 2.45) is 0 Å². The Morgan fingerprint density at radius 2 is 2.00 bits per heavy atom. The zero-order valence-corrected chi connectivity index (χ0v) is 10.4. The maximum atomic E-state index is 6.02. The fourth-order valence-corrected chi connectivity index (χ4v) is 1.75. The molecule has 0 atom stereocenters. The van der Waals surface area contributed by atoms with Gasteiger partial charge in [0.1, 0.15) is 17.2 Å². The molecule has 7 heteroatoms. The van der Waals surface area contributed by atoms with Crippen molar-refractivity contribution in [2.75, 3.05) is 5.73 Å². The SMILES string of the molecule is Nc1cccc(-c2nc(-c3ncccc3Cl)no2)n1. The molecule has 6 nitrogen and oxygen atoms in total. The summed E-state index contributed by atoms with van der Waals surface area (Å²) in [5, 5.41) is 4.29. The quantitative estimate of drug-likeness (QED) is 0.771. The zero-order valence-electron chi connectivity index (χ0n) is 9.62. The summed E-state index contributed by atoms with van der Waals surface area (Å²) in [5.41, 5.74) is 6.57. The summed E-state index contributed by atoms with van der Waals surface area (Å²) >= 11 is 6.02. The molecule has 0 bridgehead atoms. The molecule has 3 rings (SSSR count). The Labute approximate surface area is 113 Å². The van der Waals surface area contributed by atoms with E-state index in [2.05, 4.69) is 20.1 Å². The van der Waals surface area contributed by atoms with E-state index in [0.717, 1.165) is 0 Å². The summed E-state index contributed by atoms with van der Waals surface area (Å²) in [5.74, 6) is 0.960. The van der Waals surface area contributed by atoms with Crippen LogP contribution in [0.1, 0.15) is 0 Å². The smallest absolute Gasteiger partial charge is 0.276 e. The Morgan fingerprint density at radius 3 is 2.79 bits per heavy atom. The summed E-state index contributed by atoms with van der Waals surface area (Å²) in [4.78, 5) is 12.4. The van der Waals surface area contributed by atoms with Crippen LogP contribution >= 0.6 is 11.6 Å². The maximum absolute atomic E-state index is 6.02. The number of rotatable bonds is 2. The minimum absolute atomic E-state index is 0.268. The highest BCUT2D eigenvalue weighted by Crippen LogP contribution is 2.25. The topological polar surface area (TPSA) is 90.7 Å². The highest BCUT2D eigenvalue weighted by atomic mass is 35.5. The van der Waals surface area contributed by atoms with E-state index in [4.69, 9.17) is 21.9 Å². The second-order valence-corrected chi connectivity index (χ2v) is 4.11. The standard InChI is InChI=1S/C12H8ClN5O/c13-7-3-2-6-15-10(7)11-17-12(19-18-11)8-4-1-5-9(14)16-8/h1-6H,(H2,14,16). The van der Waals surface area contributed by atoms with Crippen molar-refractivity contribution < 1.29 is 4.52 Å². The lowest BCUT2D eigenvalue weighted by molar-refractivity contribution is 0.431. The molecule has 3 heterocycles. The summed E-state index contributed by atoms with van der Waals surface area (Å²) in [6.07, 6.45) is 1.61. The van der Waals surface area contributed by atoms with Gasteiger partial charge in [-0.3, -0.25) is 4.98 Å². The zero-order chi connectivity index (χ0) is 13.2. The van der Waals surface area contributed by atoms with Gasteiger partial charge in [0.25, 0.3) is 5.89 Å². The van der Waals surface area contributed by atoms with Crippen LogP contribution in [-0.2, 0) is 0 Å². The first-order chi connectivity index (χ1) is 9.24. The van der Waals surface area contributed by atoms with Gasteiger partial charge in [0.15, 0.2) is 0 Å². The molecular weight excluding hydrogens is 266 g/mol. The molecule has 3 aromatic heterocycles. The van der Waals surface area contributed by atoms with E-state index in [1.807, 2.05) is 0 Å². The van der Waals surface area contributed by atoms with E-state index < -0.39 is 0 Å². The third-order valence-electron chi connectivity index (χ3n) is 2.39. The number of hydrogen-bond acceptors (Lipinski definition) is 6. The van der Waals surface area contributed by atoms with Gasteiger partial charge in [-0.05, 0) is 24.3 Å². The molecule has 3 aromatic rings. The molecule has 0 fully saturated rings. The largest absolute Gasteiger partial charge is 0.384 e.